The molecule has 1 saturated heterocycles. The molecule has 20 heavy (non-hydrogen) atoms. The van der Waals surface area contributed by atoms with Crippen LogP contribution in [0.5, 0.6) is 0 Å². The molecule has 1 aliphatic rings. The Bertz CT molecular complexity index is 531. The number of hydrogen-bond donors (Lipinski definition) is 1. The van der Waals surface area contributed by atoms with Crippen LogP contribution in [0.3, 0.4) is 0 Å². The Kier molecular flexibility index (Phi) is 4.41. The number of amides is 1. The van der Waals surface area contributed by atoms with Crippen LogP contribution in [0.1, 0.15) is 38.7 Å². The Hall–Kier alpha value is -1.86. The van der Waals surface area contributed by atoms with Crippen molar-refractivity contribution >= 4 is 11.6 Å². The van der Waals surface area contributed by atoms with Gasteiger partial charge in [0, 0.05) is 18.5 Å². The van der Waals surface area contributed by atoms with E-state index in [1.165, 1.54) is 12.8 Å². The van der Waals surface area contributed by atoms with E-state index in [0.717, 1.165) is 13.1 Å². The third kappa shape index (κ3) is 3.37. The van der Waals surface area contributed by atoms with Crippen LogP contribution in [-0.2, 0) is 4.79 Å². The second-order valence-corrected chi connectivity index (χ2v) is 5.86. The number of para-hydroxylation sites is 1. The topological polar surface area (TPSA) is 56.1 Å². The number of nitriles is 1. The van der Waals surface area contributed by atoms with Crippen LogP contribution in [0, 0.1) is 11.3 Å². The summed E-state index contributed by atoms with van der Waals surface area (Å²) in [6.45, 7) is 6.29. The Morgan fingerprint density at radius 1 is 1.45 bits per heavy atom. The summed E-state index contributed by atoms with van der Waals surface area (Å²) < 4.78 is 0. The summed E-state index contributed by atoms with van der Waals surface area (Å²) in [5.41, 5.74) is 1.30. The van der Waals surface area contributed by atoms with Crippen molar-refractivity contribution in [3.63, 3.8) is 0 Å². The fraction of sp³-hybridized carbons (Fsp3) is 0.500. The first-order chi connectivity index (χ1) is 9.53. The first-order valence-corrected chi connectivity index (χ1v) is 7.07. The highest BCUT2D eigenvalue weighted by Crippen LogP contribution is 2.28. The number of carbonyl (C=O) groups is 1. The summed E-state index contributed by atoms with van der Waals surface area (Å²) in [6, 6.07) is 9.17. The number of nitrogens with one attached hydrogen (secondary N) is 1. The van der Waals surface area contributed by atoms with E-state index in [-0.39, 0.29) is 11.4 Å². The molecule has 1 amide bonds. The molecule has 1 N–H and O–H groups in total. The van der Waals surface area contributed by atoms with Crippen molar-refractivity contribution in [2.24, 2.45) is 0 Å². The largest absolute Gasteiger partial charge is 0.325 e. The minimum Gasteiger partial charge on any atom is -0.325 e. The van der Waals surface area contributed by atoms with Gasteiger partial charge in [-0.2, -0.15) is 5.26 Å². The molecule has 0 atom stereocenters. The van der Waals surface area contributed by atoms with Crippen molar-refractivity contribution in [1.29, 1.82) is 5.26 Å². The van der Waals surface area contributed by atoms with E-state index in [0.29, 0.717) is 17.7 Å². The van der Waals surface area contributed by atoms with Crippen LogP contribution in [0.25, 0.3) is 0 Å². The summed E-state index contributed by atoms with van der Waals surface area (Å²) in [5, 5.41) is 11.8. The smallest absolute Gasteiger partial charge is 0.225 e. The predicted octanol–water partition coefficient (Wildman–Crippen LogP) is 2.76. The molecule has 0 bridgehead atoms. The SMILES string of the molecule is CC1(C)CCCN1CCC(=O)Nc1ccccc1C#N. The first-order valence-electron chi connectivity index (χ1n) is 7.07. The number of carbonyl (C=O) groups excluding carboxylic acids is 1. The van der Waals surface area contributed by atoms with Gasteiger partial charge in [0.05, 0.1) is 11.3 Å². The molecule has 4 nitrogen and oxygen atoms in total. The van der Waals surface area contributed by atoms with E-state index in [1.807, 2.05) is 6.07 Å². The third-order valence-corrected chi connectivity index (χ3v) is 4.00. The van der Waals surface area contributed by atoms with Crippen LogP contribution >= 0.6 is 0 Å². The molecule has 0 spiro atoms. The number of rotatable bonds is 4. The average molecular weight is 271 g/mol. The van der Waals surface area contributed by atoms with Gasteiger partial charge in [0.1, 0.15) is 6.07 Å². The van der Waals surface area contributed by atoms with E-state index >= 15 is 0 Å². The standard InChI is InChI=1S/C16H21N3O/c1-16(2)9-5-10-19(16)11-8-15(20)18-14-7-4-3-6-13(14)12-17/h3-4,6-7H,5,8-11H2,1-2H3,(H,18,20). The molecule has 1 aromatic rings. The molecule has 1 aliphatic heterocycles. The lowest BCUT2D eigenvalue weighted by molar-refractivity contribution is -0.116. The molecule has 0 aliphatic carbocycles. The van der Waals surface area contributed by atoms with E-state index in [4.69, 9.17) is 5.26 Å². The molecule has 106 valence electrons. The summed E-state index contributed by atoms with van der Waals surface area (Å²) >= 11 is 0. The maximum Gasteiger partial charge on any atom is 0.225 e. The highest BCUT2D eigenvalue weighted by atomic mass is 16.1. The Morgan fingerprint density at radius 2 is 2.20 bits per heavy atom. The van der Waals surface area contributed by atoms with Crippen molar-refractivity contribution in [3.05, 3.63) is 29.8 Å². The molecule has 0 saturated carbocycles. The average Bonchev–Trinajstić information content (AvgIpc) is 2.76. The highest BCUT2D eigenvalue weighted by molar-refractivity contribution is 5.92. The van der Waals surface area contributed by atoms with Gasteiger partial charge in [0.25, 0.3) is 0 Å². The lowest BCUT2D eigenvalue weighted by Crippen LogP contribution is -2.39. The maximum absolute atomic E-state index is 12.0. The summed E-state index contributed by atoms with van der Waals surface area (Å²) in [7, 11) is 0. The van der Waals surface area contributed by atoms with Gasteiger partial charge in [0.2, 0.25) is 5.91 Å². The second-order valence-electron chi connectivity index (χ2n) is 5.86. The first kappa shape index (κ1) is 14.5. The highest BCUT2D eigenvalue weighted by Gasteiger charge is 2.31. The number of nitrogens with zero attached hydrogens (tertiary/aromatic N) is 2. The summed E-state index contributed by atoms with van der Waals surface area (Å²) in [6.07, 6.45) is 2.85. The lowest BCUT2D eigenvalue weighted by atomic mass is 10.0. The minimum absolute atomic E-state index is 0.0320. The zero-order valence-electron chi connectivity index (χ0n) is 12.1. The molecule has 1 heterocycles. The minimum atomic E-state index is -0.0320. The van der Waals surface area contributed by atoms with Gasteiger partial charge >= 0.3 is 0 Å². The third-order valence-electron chi connectivity index (χ3n) is 4.00. The molecule has 0 unspecified atom stereocenters. The van der Waals surface area contributed by atoms with E-state index in [9.17, 15) is 4.79 Å². The summed E-state index contributed by atoms with van der Waals surface area (Å²) in [5.74, 6) is -0.0320. The van der Waals surface area contributed by atoms with Crippen molar-refractivity contribution in [2.75, 3.05) is 18.4 Å². The zero-order chi connectivity index (χ0) is 14.6. The van der Waals surface area contributed by atoms with Gasteiger partial charge in [-0.25, -0.2) is 0 Å². The van der Waals surface area contributed by atoms with Gasteiger partial charge in [-0.05, 0) is 45.4 Å². The van der Waals surface area contributed by atoms with Crippen LogP contribution in [-0.4, -0.2) is 29.4 Å². The van der Waals surface area contributed by atoms with Gasteiger partial charge in [-0.15, -0.1) is 0 Å². The van der Waals surface area contributed by atoms with Crippen molar-refractivity contribution in [2.45, 2.75) is 38.6 Å². The Balaban J connectivity index is 1.89. The predicted molar refractivity (Wildman–Crippen MR) is 79.3 cm³/mol. The molecular weight excluding hydrogens is 250 g/mol. The van der Waals surface area contributed by atoms with E-state index in [1.54, 1.807) is 18.2 Å². The molecular formula is C16H21N3O. The zero-order valence-corrected chi connectivity index (χ0v) is 12.1. The van der Waals surface area contributed by atoms with Crippen LogP contribution in [0.2, 0.25) is 0 Å². The Morgan fingerprint density at radius 3 is 2.85 bits per heavy atom. The van der Waals surface area contributed by atoms with Crippen molar-refractivity contribution in [3.8, 4) is 6.07 Å². The van der Waals surface area contributed by atoms with Gasteiger partial charge in [-0.1, -0.05) is 12.1 Å². The molecule has 0 radical (unpaired) electrons. The summed E-state index contributed by atoms with van der Waals surface area (Å²) in [4.78, 5) is 14.4. The fourth-order valence-electron chi connectivity index (χ4n) is 2.72. The molecule has 4 heteroatoms. The number of likely N-dealkylation sites (tertiary alicyclic amines) is 1. The lowest BCUT2D eigenvalue weighted by Gasteiger charge is -2.31. The van der Waals surface area contributed by atoms with Crippen LogP contribution in [0.15, 0.2) is 24.3 Å². The number of hydrogen-bond acceptors (Lipinski definition) is 3. The van der Waals surface area contributed by atoms with Gasteiger partial charge in [0.15, 0.2) is 0 Å². The maximum atomic E-state index is 12.0. The molecule has 2 rings (SSSR count). The van der Waals surface area contributed by atoms with Gasteiger partial charge < -0.3 is 5.32 Å². The quantitative estimate of drug-likeness (QED) is 0.916. The van der Waals surface area contributed by atoms with E-state index in [2.05, 4.69) is 30.1 Å². The fourth-order valence-corrected chi connectivity index (χ4v) is 2.72. The number of benzene rings is 1. The van der Waals surface area contributed by atoms with Crippen molar-refractivity contribution < 1.29 is 4.79 Å². The van der Waals surface area contributed by atoms with E-state index < -0.39 is 0 Å². The number of anilines is 1. The molecule has 0 aromatic heterocycles. The van der Waals surface area contributed by atoms with Gasteiger partial charge in [-0.3, -0.25) is 9.69 Å². The van der Waals surface area contributed by atoms with Crippen molar-refractivity contribution in [1.82, 2.24) is 4.90 Å². The Labute approximate surface area is 120 Å². The van der Waals surface area contributed by atoms with Crippen LogP contribution < -0.4 is 5.32 Å². The second kappa shape index (κ2) is 6.06. The molecule has 1 fully saturated rings. The molecule has 1 aromatic carbocycles. The normalized spacial score (nSPS) is 17.6. The monoisotopic (exact) mass is 271 g/mol. The van der Waals surface area contributed by atoms with Crippen LogP contribution in [0.4, 0.5) is 5.69 Å².